The maximum Gasteiger partial charge on any atom is 0.348 e. The summed E-state index contributed by atoms with van der Waals surface area (Å²) >= 11 is 0. The van der Waals surface area contributed by atoms with E-state index in [1.807, 2.05) is 42.5 Å². The summed E-state index contributed by atoms with van der Waals surface area (Å²) < 4.78 is 6.11. The van der Waals surface area contributed by atoms with Gasteiger partial charge in [-0.15, -0.1) is 0 Å². The average Bonchev–Trinajstić information content (AvgIpc) is 2.70. The number of benzene rings is 2. The van der Waals surface area contributed by atoms with Crippen LogP contribution in [0.15, 0.2) is 42.5 Å². The molecule has 27 heavy (non-hydrogen) atoms. The predicted molar refractivity (Wildman–Crippen MR) is 106 cm³/mol. The van der Waals surface area contributed by atoms with Crippen LogP contribution >= 0.6 is 0 Å². The number of nitrogens with zero attached hydrogens (tertiary/aromatic N) is 1. The quantitative estimate of drug-likeness (QED) is 0.849. The van der Waals surface area contributed by atoms with Crippen LogP contribution in [0.5, 0.6) is 5.75 Å². The van der Waals surface area contributed by atoms with Crippen molar-refractivity contribution in [3.8, 4) is 5.75 Å². The maximum absolute atomic E-state index is 12.1. The standard InChI is InChI=1S/C22H28N2O3/c25-21(26)22(27-20-8-7-18-5-1-2-6-19(18)14-20)9-12-24(13-10-22)16-17-4-3-11-23-15-17/h1-2,5-8,14,17,23H,3-4,9-13,15-16H2,(H,25,26). The molecule has 2 N–H and O–H groups in total. The number of hydrogen-bond acceptors (Lipinski definition) is 4. The highest BCUT2D eigenvalue weighted by molar-refractivity contribution is 5.84. The summed E-state index contributed by atoms with van der Waals surface area (Å²) in [5.74, 6) is 0.466. The lowest BCUT2D eigenvalue weighted by Gasteiger charge is -2.40. The molecule has 0 spiro atoms. The molecule has 2 saturated heterocycles. The number of likely N-dealkylation sites (tertiary alicyclic amines) is 1. The zero-order valence-corrected chi connectivity index (χ0v) is 15.7. The zero-order valence-electron chi connectivity index (χ0n) is 15.7. The highest BCUT2D eigenvalue weighted by atomic mass is 16.5. The predicted octanol–water partition coefficient (Wildman–Crippen LogP) is 3.14. The Bertz CT molecular complexity index is 793. The van der Waals surface area contributed by atoms with E-state index in [2.05, 4.69) is 10.2 Å². The fraction of sp³-hybridized carbons (Fsp3) is 0.500. The van der Waals surface area contributed by atoms with E-state index in [1.54, 1.807) is 0 Å². The number of carboxylic acid groups (broad SMARTS) is 1. The molecule has 0 aromatic heterocycles. The molecule has 0 bridgehead atoms. The van der Waals surface area contributed by atoms with E-state index in [9.17, 15) is 9.90 Å². The molecule has 2 aliphatic heterocycles. The lowest BCUT2D eigenvalue weighted by Crippen LogP contribution is -2.54. The first-order valence-corrected chi connectivity index (χ1v) is 9.99. The Hall–Kier alpha value is -2.11. The molecular weight excluding hydrogens is 340 g/mol. The van der Waals surface area contributed by atoms with E-state index in [-0.39, 0.29) is 0 Å². The fourth-order valence-electron chi connectivity index (χ4n) is 4.36. The first-order valence-electron chi connectivity index (χ1n) is 9.99. The van der Waals surface area contributed by atoms with Crippen molar-refractivity contribution in [3.63, 3.8) is 0 Å². The first kappa shape index (κ1) is 18.3. The third-order valence-corrected chi connectivity index (χ3v) is 6.00. The van der Waals surface area contributed by atoms with Crippen LogP contribution in [-0.4, -0.2) is 54.3 Å². The molecule has 0 amide bonds. The maximum atomic E-state index is 12.1. The summed E-state index contributed by atoms with van der Waals surface area (Å²) in [7, 11) is 0. The molecular formula is C22H28N2O3. The second kappa shape index (κ2) is 7.87. The molecule has 2 aromatic carbocycles. The van der Waals surface area contributed by atoms with Crippen molar-refractivity contribution in [2.24, 2.45) is 5.92 Å². The fourth-order valence-corrected chi connectivity index (χ4v) is 4.36. The smallest absolute Gasteiger partial charge is 0.348 e. The Morgan fingerprint density at radius 1 is 1.19 bits per heavy atom. The Morgan fingerprint density at radius 3 is 2.67 bits per heavy atom. The van der Waals surface area contributed by atoms with Crippen molar-refractivity contribution < 1.29 is 14.6 Å². The number of carbonyl (C=O) groups is 1. The van der Waals surface area contributed by atoms with Gasteiger partial charge in [-0.25, -0.2) is 4.79 Å². The molecule has 0 aliphatic carbocycles. The van der Waals surface area contributed by atoms with Crippen LogP contribution in [0.1, 0.15) is 25.7 Å². The van der Waals surface area contributed by atoms with Crippen molar-refractivity contribution in [2.45, 2.75) is 31.3 Å². The first-order chi connectivity index (χ1) is 13.1. The highest BCUT2D eigenvalue weighted by Gasteiger charge is 2.44. The molecule has 144 valence electrons. The Balaban J connectivity index is 1.43. The lowest BCUT2D eigenvalue weighted by atomic mass is 9.89. The summed E-state index contributed by atoms with van der Waals surface area (Å²) in [5.41, 5.74) is -1.12. The molecule has 2 aliphatic rings. The molecule has 0 radical (unpaired) electrons. The minimum atomic E-state index is -1.12. The number of hydrogen-bond donors (Lipinski definition) is 2. The van der Waals surface area contributed by atoms with Crippen molar-refractivity contribution in [1.29, 1.82) is 0 Å². The SMILES string of the molecule is O=C(O)C1(Oc2ccc3ccccc3c2)CCN(CC2CCCNC2)CC1. The van der Waals surface area contributed by atoms with E-state index in [0.29, 0.717) is 24.5 Å². The van der Waals surface area contributed by atoms with Gasteiger partial charge in [0.1, 0.15) is 5.75 Å². The van der Waals surface area contributed by atoms with E-state index in [1.165, 1.54) is 12.8 Å². The Labute approximate surface area is 160 Å². The monoisotopic (exact) mass is 368 g/mol. The number of ether oxygens (including phenoxy) is 1. The number of carboxylic acids is 1. The summed E-state index contributed by atoms with van der Waals surface area (Å²) in [6.07, 6.45) is 3.55. The molecule has 2 aromatic rings. The summed E-state index contributed by atoms with van der Waals surface area (Å²) in [5, 5.41) is 15.6. The van der Waals surface area contributed by atoms with Crippen molar-refractivity contribution in [1.82, 2.24) is 10.2 Å². The van der Waals surface area contributed by atoms with Gasteiger partial charge < -0.3 is 20.1 Å². The zero-order chi connectivity index (χ0) is 18.7. The van der Waals surface area contributed by atoms with Crippen LogP contribution in [0.3, 0.4) is 0 Å². The van der Waals surface area contributed by atoms with Gasteiger partial charge >= 0.3 is 5.97 Å². The van der Waals surface area contributed by atoms with Crippen LogP contribution in [0.4, 0.5) is 0 Å². The topological polar surface area (TPSA) is 61.8 Å². The molecule has 4 rings (SSSR count). The van der Waals surface area contributed by atoms with Gasteiger partial charge in [0.15, 0.2) is 0 Å². The normalized spacial score (nSPS) is 23.2. The van der Waals surface area contributed by atoms with Crippen molar-refractivity contribution in [2.75, 3.05) is 32.7 Å². The molecule has 2 fully saturated rings. The van der Waals surface area contributed by atoms with E-state index < -0.39 is 11.6 Å². The highest BCUT2D eigenvalue weighted by Crippen LogP contribution is 2.31. The number of aliphatic carboxylic acids is 1. The van der Waals surface area contributed by atoms with Crippen molar-refractivity contribution >= 4 is 16.7 Å². The van der Waals surface area contributed by atoms with Crippen LogP contribution < -0.4 is 10.1 Å². The molecule has 1 unspecified atom stereocenters. The van der Waals surface area contributed by atoms with Crippen molar-refractivity contribution in [3.05, 3.63) is 42.5 Å². The number of piperidine rings is 2. The molecule has 5 heteroatoms. The van der Waals surface area contributed by atoms with E-state index in [0.717, 1.165) is 43.5 Å². The molecule has 1 atom stereocenters. The van der Waals surface area contributed by atoms with E-state index in [4.69, 9.17) is 4.74 Å². The lowest BCUT2D eigenvalue weighted by molar-refractivity contribution is -0.159. The largest absolute Gasteiger partial charge is 0.478 e. The van der Waals surface area contributed by atoms with Crippen LogP contribution in [0.25, 0.3) is 10.8 Å². The average molecular weight is 368 g/mol. The Morgan fingerprint density at radius 2 is 1.96 bits per heavy atom. The third kappa shape index (κ3) is 4.09. The van der Waals surface area contributed by atoms with Gasteiger partial charge in [0.25, 0.3) is 0 Å². The minimum absolute atomic E-state index is 0.523. The molecule has 5 nitrogen and oxygen atoms in total. The summed E-state index contributed by atoms with van der Waals surface area (Å²) in [6.45, 7) is 4.80. The van der Waals surface area contributed by atoms with Gasteiger partial charge in [-0.1, -0.05) is 30.3 Å². The summed E-state index contributed by atoms with van der Waals surface area (Å²) in [4.78, 5) is 14.5. The summed E-state index contributed by atoms with van der Waals surface area (Å²) in [6, 6.07) is 13.9. The van der Waals surface area contributed by atoms with Gasteiger partial charge in [-0.2, -0.15) is 0 Å². The van der Waals surface area contributed by atoms with Gasteiger partial charge in [0.2, 0.25) is 5.60 Å². The minimum Gasteiger partial charge on any atom is -0.478 e. The second-order valence-corrected chi connectivity index (χ2v) is 7.92. The molecule has 2 heterocycles. The van der Waals surface area contributed by atoms with Crippen LogP contribution in [0.2, 0.25) is 0 Å². The van der Waals surface area contributed by atoms with Gasteiger partial charge in [-0.3, -0.25) is 0 Å². The number of fused-ring (bicyclic) bond motifs is 1. The molecule has 0 saturated carbocycles. The van der Waals surface area contributed by atoms with Gasteiger partial charge in [0.05, 0.1) is 0 Å². The number of nitrogens with one attached hydrogen (secondary N) is 1. The third-order valence-electron chi connectivity index (χ3n) is 6.00. The van der Waals surface area contributed by atoms with Crippen LogP contribution in [0, 0.1) is 5.92 Å². The number of rotatable bonds is 5. The Kier molecular flexibility index (Phi) is 5.32. The van der Waals surface area contributed by atoms with E-state index >= 15 is 0 Å². The van der Waals surface area contributed by atoms with Crippen LogP contribution in [-0.2, 0) is 4.79 Å². The second-order valence-electron chi connectivity index (χ2n) is 7.92. The van der Waals surface area contributed by atoms with Gasteiger partial charge in [0, 0.05) is 32.5 Å². The van der Waals surface area contributed by atoms with Gasteiger partial charge in [-0.05, 0) is 54.8 Å².